The fourth-order valence-electron chi connectivity index (χ4n) is 2.16. The molecule has 1 amide bonds. The SMILES string of the molecule is Cc1ccc(-c2csc3nc(SC(C)C(N)=O)[nH]c(=O)c23)cc1. The Bertz CT molecular complexity index is 929. The van der Waals surface area contributed by atoms with Crippen molar-refractivity contribution in [3.63, 3.8) is 0 Å². The van der Waals surface area contributed by atoms with E-state index in [4.69, 9.17) is 5.73 Å². The lowest BCUT2D eigenvalue weighted by atomic mass is 10.1. The number of hydrogen-bond acceptors (Lipinski definition) is 5. The van der Waals surface area contributed by atoms with Crippen LogP contribution in [0.2, 0.25) is 0 Å². The van der Waals surface area contributed by atoms with Crippen LogP contribution in [0.4, 0.5) is 0 Å². The quantitative estimate of drug-likeness (QED) is 0.562. The van der Waals surface area contributed by atoms with E-state index in [1.165, 1.54) is 16.9 Å². The van der Waals surface area contributed by atoms with Crippen LogP contribution >= 0.6 is 23.1 Å². The zero-order valence-corrected chi connectivity index (χ0v) is 14.3. The maximum atomic E-state index is 12.5. The van der Waals surface area contributed by atoms with E-state index in [2.05, 4.69) is 9.97 Å². The Labute approximate surface area is 140 Å². The molecule has 5 nitrogen and oxygen atoms in total. The van der Waals surface area contributed by atoms with Crippen molar-refractivity contribution in [3.8, 4) is 11.1 Å². The van der Waals surface area contributed by atoms with Gasteiger partial charge in [0, 0.05) is 10.9 Å². The topological polar surface area (TPSA) is 88.8 Å². The summed E-state index contributed by atoms with van der Waals surface area (Å²) in [5.74, 6) is -0.440. The zero-order valence-electron chi connectivity index (χ0n) is 12.6. The Morgan fingerprint density at radius 3 is 2.70 bits per heavy atom. The van der Waals surface area contributed by atoms with E-state index in [1.807, 2.05) is 36.6 Å². The van der Waals surface area contributed by atoms with Crippen molar-refractivity contribution in [2.45, 2.75) is 24.3 Å². The standard InChI is InChI=1S/C16H15N3O2S2/c1-8-3-5-10(6-4-8)11-7-22-15-12(11)14(21)18-16(19-15)23-9(2)13(17)20/h3-7,9H,1-2H3,(H2,17,20)(H,18,19,21). The Kier molecular flexibility index (Phi) is 4.23. The Hall–Kier alpha value is -2.12. The lowest BCUT2D eigenvalue weighted by Gasteiger charge is -2.06. The van der Waals surface area contributed by atoms with E-state index in [-0.39, 0.29) is 5.56 Å². The molecule has 0 aliphatic heterocycles. The highest BCUT2D eigenvalue weighted by atomic mass is 32.2. The number of H-pyrrole nitrogens is 1. The fraction of sp³-hybridized carbons (Fsp3) is 0.188. The molecular weight excluding hydrogens is 330 g/mol. The predicted octanol–water partition coefficient (Wildman–Crippen LogP) is 2.93. The molecule has 23 heavy (non-hydrogen) atoms. The summed E-state index contributed by atoms with van der Waals surface area (Å²) in [4.78, 5) is 31.4. The average Bonchev–Trinajstić information content (AvgIpc) is 2.92. The summed E-state index contributed by atoms with van der Waals surface area (Å²) in [7, 11) is 0. The molecule has 1 atom stereocenters. The lowest BCUT2D eigenvalue weighted by molar-refractivity contribution is -0.117. The maximum absolute atomic E-state index is 12.5. The molecule has 2 aromatic heterocycles. The molecule has 2 heterocycles. The van der Waals surface area contributed by atoms with E-state index in [9.17, 15) is 9.59 Å². The average molecular weight is 345 g/mol. The summed E-state index contributed by atoms with van der Waals surface area (Å²) in [6, 6.07) is 8.01. The first-order chi connectivity index (χ1) is 11.0. The fourth-order valence-corrected chi connectivity index (χ4v) is 3.91. The van der Waals surface area contributed by atoms with Crippen LogP contribution in [0, 0.1) is 6.92 Å². The van der Waals surface area contributed by atoms with Crippen molar-refractivity contribution in [3.05, 3.63) is 45.6 Å². The molecule has 3 rings (SSSR count). The second-order valence-electron chi connectivity index (χ2n) is 5.23. The largest absolute Gasteiger partial charge is 0.369 e. The Morgan fingerprint density at radius 1 is 1.35 bits per heavy atom. The molecule has 0 spiro atoms. The highest BCUT2D eigenvalue weighted by Gasteiger charge is 2.16. The highest BCUT2D eigenvalue weighted by Crippen LogP contribution is 2.32. The number of aromatic amines is 1. The first kappa shape index (κ1) is 15.8. The lowest BCUT2D eigenvalue weighted by Crippen LogP contribution is -2.23. The van der Waals surface area contributed by atoms with Crippen LogP contribution in [0.1, 0.15) is 12.5 Å². The summed E-state index contributed by atoms with van der Waals surface area (Å²) in [6.07, 6.45) is 0. The van der Waals surface area contributed by atoms with E-state index in [1.54, 1.807) is 6.92 Å². The van der Waals surface area contributed by atoms with Crippen molar-refractivity contribution in [2.24, 2.45) is 5.73 Å². The van der Waals surface area contributed by atoms with Crippen LogP contribution in [0.5, 0.6) is 0 Å². The number of carbonyl (C=O) groups is 1. The molecule has 0 saturated carbocycles. The first-order valence-corrected chi connectivity index (χ1v) is 8.76. The van der Waals surface area contributed by atoms with Crippen LogP contribution in [0.15, 0.2) is 39.6 Å². The van der Waals surface area contributed by atoms with Gasteiger partial charge in [0.25, 0.3) is 5.56 Å². The first-order valence-electron chi connectivity index (χ1n) is 7.00. The number of fused-ring (bicyclic) bond motifs is 1. The van der Waals surface area contributed by atoms with Gasteiger partial charge in [-0.1, -0.05) is 41.6 Å². The molecule has 0 aliphatic rings. The zero-order chi connectivity index (χ0) is 16.6. The second kappa shape index (κ2) is 6.17. The van der Waals surface area contributed by atoms with Gasteiger partial charge in [-0.2, -0.15) is 0 Å². The minimum atomic E-state index is -0.452. The molecule has 1 aromatic carbocycles. The summed E-state index contributed by atoms with van der Waals surface area (Å²) >= 11 is 2.57. The summed E-state index contributed by atoms with van der Waals surface area (Å²) in [5.41, 5.74) is 8.07. The van der Waals surface area contributed by atoms with Gasteiger partial charge in [0.1, 0.15) is 4.83 Å². The third-order valence-corrected chi connectivity index (χ3v) is 5.35. The third-order valence-electron chi connectivity index (χ3n) is 3.47. The number of carbonyl (C=O) groups excluding carboxylic acids is 1. The van der Waals surface area contributed by atoms with Crippen LogP contribution in [0.3, 0.4) is 0 Å². The number of nitrogens with zero attached hydrogens (tertiary/aromatic N) is 1. The number of nitrogens with one attached hydrogen (secondary N) is 1. The van der Waals surface area contributed by atoms with Crippen LogP contribution in [-0.4, -0.2) is 21.1 Å². The third kappa shape index (κ3) is 3.16. The Morgan fingerprint density at radius 2 is 2.04 bits per heavy atom. The van der Waals surface area contributed by atoms with Gasteiger partial charge in [-0.25, -0.2) is 4.98 Å². The van der Waals surface area contributed by atoms with Gasteiger partial charge in [0.2, 0.25) is 5.91 Å². The van der Waals surface area contributed by atoms with Crippen LogP contribution < -0.4 is 11.3 Å². The Balaban J connectivity index is 2.06. The molecule has 0 saturated heterocycles. The summed E-state index contributed by atoms with van der Waals surface area (Å²) in [5, 5.41) is 2.47. The molecule has 3 aromatic rings. The smallest absolute Gasteiger partial charge is 0.260 e. The molecule has 0 aliphatic carbocycles. The van der Waals surface area contributed by atoms with Gasteiger partial charge in [-0.15, -0.1) is 11.3 Å². The normalized spacial score (nSPS) is 12.4. The van der Waals surface area contributed by atoms with Crippen LogP contribution in [-0.2, 0) is 4.79 Å². The predicted molar refractivity (Wildman–Crippen MR) is 94.9 cm³/mol. The molecular formula is C16H15N3O2S2. The van der Waals surface area contributed by atoms with Crippen molar-refractivity contribution in [2.75, 3.05) is 0 Å². The van der Waals surface area contributed by atoms with Crippen molar-refractivity contribution in [1.82, 2.24) is 9.97 Å². The molecule has 0 bridgehead atoms. The van der Waals surface area contributed by atoms with Gasteiger partial charge in [0.05, 0.1) is 10.6 Å². The number of thioether (sulfide) groups is 1. The number of primary amides is 1. The molecule has 1 unspecified atom stereocenters. The number of rotatable bonds is 4. The monoisotopic (exact) mass is 345 g/mol. The number of aryl methyl sites for hydroxylation is 1. The van der Waals surface area contributed by atoms with Gasteiger partial charge in [0.15, 0.2) is 5.16 Å². The van der Waals surface area contributed by atoms with E-state index >= 15 is 0 Å². The molecule has 3 N–H and O–H groups in total. The summed E-state index contributed by atoms with van der Waals surface area (Å²) < 4.78 is 0. The minimum absolute atomic E-state index is 0.203. The molecule has 0 fully saturated rings. The number of aromatic nitrogens is 2. The molecule has 7 heteroatoms. The summed E-state index contributed by atoms with van der Waals surface area (Å²) in [6.45, 7) is 3.70. The number of hydrogen-bond donors (Lipinski definition) is 2. The van der Waals surface area contributed by atoms with Gasteiger partial charge >= 0.3 is 0 Å². The second-order valence-corrected chi connectivity index (χ2v) is 7.42. The van der Waals surface area contributed by atoms with E-state index in [0.717, 1.165) is 22.9 Å². The van der Waals surface area contributed by atoms with Crippen molar-refractivity contribution >= 4 is 39.2 Å². The maximum Gasteiger partial charge on any atom is 0.260 e. The van der Waals surface area contributed by atoms with Gasteiger partial charge in [-0.05, 0) is 19.4 Å². The minimum Gasteiger partial charge on any atom is -0.369 e. The highest BCUT2D eigenvalue weighted by molar-refractivity contribution is 8.00. The van der Waals surface area contributed by atoms with E-state index < -0.39 is 11.2 Å². The number of thiophene rings is 1. The van der Waals surface area contributed by atoms with Crippen molar-refractivity contribution < 1.29 is 4.79 Å². The van der Waals surface area contributed by atoms with Gasteiger partial charge in [-0.3, -0.25) is 9.59 Å². The van der Waals surface area contributed by atoms with E-state index in [0.29, 0.717) is 15.4 Å². The van der Waals surface area contributed by atoms with Crippen molar-refractivity contribution in [1.29, 1.82) is 0 Å². The molecule has 118 valence electrons. The molecule has 0 radical (unpaired) electrons. The van der Waals surface area contributed by atoms with Gasteiger partial charge < -0.3 is 10.7 Å². The number of amides is 1. The number of benzene rings is 1. The number of nitrogens with two attached hydrogens (primary N) is 1. The van der Waals surface area contributed by atoms with Crippen LogP contribution in [0.25, 0.3) is 21.3 Å².